The number of hydrogen-bond donors (Lipinski definition) is 4. The minimum Gasteiger partial charge on any atom is -0.367 e. The van der Waals surface area contributed by atoms with E-state index in [0.29, 0.717) is 30.4 Å². The fourth-order valence-corrected chi connectivity index (χ4v) is 4.27. The van der Waals surface area contributed by atoms with Crippen molar-refractivity contribution in [2.45, 2.75) is 64.1 Å². The molecular formula is C22H30FN7. The first-order valence-corrected chi connectivity index (χ1v) is 10.7. The number of H-pyrrole nitrogens is 1. The molecule has 0 aliphatic carbocycles. The van der Waals surface area contributed by atoms with Gasteiger partial charge in [0, 0.05) is 47.5 Å². The summed E-state index contributed by atoms with van der Waals surface area (Å²) in [5, 5.41) is 18.8. The molecular weight excluding hydrogens is 381 g/mol. The Balaban J connectivity index is 1.54. The van der Waals surface area contributed by atoms with E-state index in [9.17, 15) is 4.39 Å². The first-order chi connectivity index (χ1) is 14.6. The lowest BCUT2D eigenvalue weighted by Gasteiger charge is -2.35. The van der Waals surface area contributed by atoms with E-state index >= 15 is 0 Å². The standard InChI is InChI=1S/C22H30FN7/c1-14-10-17(12-16(25-14)6-3-4-8-23)26-22-18-7-5-9-24-19(18)13-20(28-22)27-21-11-15(2)29-30-21/h5,7,9,11,13-14,16-17,25H,3-4,6,8,10,12H2,1-2H3,(H3,26,27,28,29,30). The number of aromatic nitrogens is 4. The Labute approximate surface area is 176 Å². The Kier molecular flexibility index (Phi) is 6.42. The maximum absolute atomic E-state index is 12.5. The summed E-state index contributed by atoms with van der Waals surface area (Å²) in [4.78, 5) is 9.37. The van der Waals surface area contributed by atoms with Gasteiger partial charge in [-0.25, -0.2) is 4.98 Å². The maximum Gasteiger partial charge on any atom is 0.153 e. The van der Waals surface area contributed by atoms with E-state index in [4.69, 9.17) is 4.98 Å². The van der Waals surface area contributed by atoms with E-state index in [1.165, 1.54) is 0 Å². The van der Waals surface area contributed by atoms with Crippen molar-refractivity contribution in [2.24, 2.45) is 0 Å². The molecule has 160 valence electrons. The topological polar surface area (TPSA) is 90.6 Å². The SMILES string of the molecule is Cc1cc(Nc2cc3ncccc3c(NC3CC(C)NC(CCCCF)C3)n2)n[nH]1. The Morgan fingerprint density at radius 2 is 2.10 bits per heavy atom. The second kappa shape index (κ2) is 9.38. The lowest BCUT2D eigenvalue weighted by atomic mass is 9.91. The van der Waals surface area contributed by atoms with E-state index in [0.717, 1.165) is 53.9 Å². The zero-order chi connectivity index (χ0) is 20.9. The molecule has 0 bridgehead atoms. The number of aromatic amines is 1. The number of fused-ring (bicyclic) bond motifs is 1. The molecule has 7 nitrogen and oxygen atoms in total. The summed E-state index contributed by atoms with van der Waals surface area (Å²) in [5.74, 6) is 2.26. The quantitative estimate of drug-likeness (QED) is 0.409. The molecule has 3 aromatic heterocycles. The minimum absolute atomic E-state index is 0.234. The summed E-state index contributed by atoms with van der Waals surface area (Å²) in [6.07, 6.45) is 6.37. The van der Waals surface area contributed by atoms with Crippen LogP contribution in [0.25, 0.3) is 10.9 Å². The molecule has 4 rings (SSSR count). The number of nitrogens with one attached hydrogen (secondary N) is 4. The average molecular weight is 412 g/mol. The summed E-state index contributed by atoms with van der Waals surface area (Å²) < 4.78 is 12.5. The number of rotatable bonds is 8. The van der Waals surface area contributed by atoms with Crippen molar-refractivity contribution < 1.29 is 4.39 Å². The number of anilines is 3. The zero-order valence-electron chi connectivity index (χ0n) is 17.6. The number of piperidine rings is 1. The van der Waals surface area contributed by atoms with Gasteiger partial charge < -0.3 is 16.0 Å². The van der Waals surface area contributed by atoms with Crippen LogP contribution in [-0.4, -0.2) is 45.0 Å². The summed E-state index contributed by atoms with van der Waals surface area (Å²) in [7, 11) is 0. The Morgan fingerprint density at radius 1 is 1.20 bits per heavy atom. The number of halogens is 1. The van der Waals surface area contributed by atoms with Gasteiger partial charge >= 0.3 is 0 Å². The van der Waals surface area contributed by atoms with Gasteiger partial charge in [0.2, 0.25) is 0 Å². The third-order valence-corrected chi connectivity index (χ3v) is 5.57. The molecule has 4 heterocycles. The molecule has 1 fully saturated rings. The van der Waals surface area contributed by atoms with Crippen LogP contribution in [-0.2, 0) is 0 Å². The van der Waals surface area contributed by atoms with Gasteiger partial charge in [0.25, 0.3) is 0 Å². The number of nitrogens with zero attached hydrogens (tertiary/aromatic N) is 3. The van der Waals surface area contributed by atoms with Gasteiger partial charge in [0.05, 0.1) is 12.2 Å². The molecule has 4 N–H and O–H groups in total. The van der Waals surface area contributed by atoms with Gasteiger partial charge in [-0.1, -0.05) is 0 Å². The predicted octanol–water partition coefficient (Wildman–Crippen LogP) is 4.47. The van der Waals surface area contributed by atoms with Crippen LogP contribution in [0.5, 0.6) is 0 Å². The van der Waals surface area contributed by atoms with Gasteiger partial charge in [-0.2, -0.15) is 5.10 Å². The van der Waals surface area contributed by atoms with Crippen molar-refractivity contribution in [1.82, 2.24) is 25.5 Å². The van der Waals surface area contributed by atoms with E-state index in [1.807, 2.05) is 31.2 Å². The van der Waals surface area contributed by atoms with Crippen molar-refractivity contribution in [1.29, 1.82) is 0 Å². The number of hydrogen-bond acceptors (Lipinski definition) is 6. The van der Waals surface area contributed by atoms with Gasteiger partial charge in [-0.15, -0.1) is 0 Å². The molecule has 3 unspecified atom stereocenters. The highest BCUT2D eigenvalue weighted by atomic mass is 19.1. The van der Waals surface area contributed by atoms with Crippen LogP contribution in [0.15, 0.2) is 30.5 Å². The number of unbranched alkanes of at least 4 members (excludes halogenated alkanes) is 1. The van der Waals surface area contributed by atoms with Crippen molar-refractivity contribution in [3.05, 3.63) is 36.2 Å². The number of aryl methyl sites for hydroxylation is 1. The minimum atomic E-state index is -0.234. The van der Waals surface area contributed by atoms with Crippen LogP contribution in [0.2, 0.25) is 0 Å². The van der Waals surface area contributed by atoms with Crippen molar-refractivity contribution in [3.8, 4) is 0 Å². The van der Waals surface area contributed by atoms with Crippen molar-refractivity contribution in [2.75, 3.05) is 17.3 Å². The highest BCUT2D eigenvalue weighted by molar-refractivity contribution is 5.91. The lowest BCUT2D eigenvalue weighted by Crippen LogP contribution is -2.48. The van der Waals surface area contributed by atoms with E-state index in [2.05, 4.69) is 38.1 Å². The van der Waals surface area contributed by atoms with Crippen LogP contribution in [0, 0.1) is 6.92 Å². The Bertz CT molecular complexity index is 973. The zero-order valence-corrected chi connectivity index (χ0v) is 17.6. The molecule has 1 aliphatic heterocycles. The van der Waals surface area contributed by atoms with Crippen LogP contribution < -0.4 is 16.0 Å². The van der Waals surface area contributed by atoms with Crippen LogP contribution in [0.3, 0.4) is 0 Å². The fraction of sp³-hybridized carbons (Fsp3) is 0.500. The third-order valence-electron chi connectivity index (χ3n) is 5.57. The highest BCUT2D eigenvalue weighted by Gasteiger charge is 2.26. The smallest absolute Gasteiger partial charge is 0.153 e. The van der Waals surface area contributed by atoms with E-state index in [1.54, 1.807) is 6.20 Å². The summed E-state index contributed by atoms with van der Waals surface area (Å²) >= 11 is 0. The highest BCUT2D eigenvalue weighted by Crippen LogP contribution is 2.28. The van der Waals surface area contributed by atoms with Crippen LogP contribution in [0.4, 0.5) is 21.8 Å². The molecule has 0 aromatic carbocycles. The van der Waals surface area contributed by atoms with E-state index < -0.39 is 0 Å². The van der Waals surface area contributed by atoms with Crippen LogP contribution in [0.1, 0.15) is 44.7 Å². The largest absolute Gasteiger partial charge is 0.367 e. The van der Waals surface area contributed by atoms with Crippen LogP contribution >= 0.6 is 0 Å². The molecule has 0 radical (unpaired) electrons. The molecule has 0 spiro atoms. The first-order valence-electron chi connectivity index (χ1n) is 10.7. The second-order valence-electron chi connectivity index (χ2n) is 8.25. The third kappa shape index (κ3) is 5.05. The molecule has 30 heavy (non-hydrogen) atoms. The lowest BCUT2D eigenvalue weighted by molar-refractivity contribution is 0.294. The van der Waals surface area contributed by atoms with Gasteiger partial charge in [-0.05, 0) is 58.1 Å². The molecule has 1 saturated heterocycles. The molecule has 3 aromatic rings. The molecule has 0 amide bonds. The number of pyridine rings is 2. The first kappa shape index (κ1) is 20.5. The maximum atomic E-state index is 12.5. The summed E-state index contributed by atoms with van der Waals surface area (Å²) in [5.41, 5.74) is 1.86. The normalized spacial score (nSPS) is 21.6. The van der Waals surface area contributed by atoms with Gasteiger partial charge in [0.1, 0.15) is 11.6 Å². The Hall–Kier alpha value is -2.74. The Morgan fingerprint density at radius 3 is 2.90 bits per heavy atom. The number of alkyl halides is 1. The van der Waals surface area contributed by atoms with Crippen molar-refractivity contribution in [3.63, 3.8) is 0 Å². The predicted molar refractivity (Wildman–Crippen MR) is 119 cm³/mol. The molecule has 1 aliphatic rings. The monoisotopic (exact) mass is 411 g/mol. The van der Waals surface area contributed by atoms with Gasteiger partial charge in [-0.3, -0.25) is 14.5 Å². The molecule has 3 atom stereocenters. The summed E-state index contributed by atoms with van der Waals surface area (Å²) in [6, 6.07) is 8.96. The van der Waals surface area contributed by atoms with E-state index in [-0.39, 0.29) is 6.67 Å². The summed E-state index contributed by atoms with van der Waals surface area (Å²) in [6.45, 7) is 3.94. The van der Waals surface area contributed by atoms with Crippen molar-refractivity contribution >= 4 is 28.4 Å². The average Bonchev–Trinajstić information content (AvgIpc) is 3.12. The molecule has 0 saturated carbocycles. The second-order valence-corrected chi connectivity index (χ2v) is 8.25. The molecule has 8 heteroatoms. The fourth-order valence-electron chi connectivity index (χ4n) is 4.27. The van der Waals surface area contributed by atoms with Gasteiger partial charge in [0.15, 0.2) is 5.82 Å².